The van der Waals surface area contributed by atoms with Crippen LogP contribution in [0, 0.1) is 5.92 Å². The topological polar surface area (TPSA) is 81.7 Å². The van der Waals surface area contributed by atoms with Gasteiger partial charge in [-0.3, -0.25) is 4.79 Å². The van der Waals surface area contributed by atoms with Gasteiger partial charge in [-0.15, -0.1) is 0 Å². The van der Waals surface area contributed by atoms with Crippen molar-refractivity contribution in [1.82, 2.24) is 15.6 Å². The summed E-state index contributed by atoms with van der Waals surface area (Å²) >= 11 is 0. The van der Waals surface area contributed by atoms with Crippen molar-refractivity contribution in [2.75, 3.05) is 36.4 Å². The second kappa shape index (κ2) is 10.5. The highest BCUT2D eigenvalue weighted by Crippen LogP contribution is 2.31. The number of para-hydroxylation sites is 1. The minimum Gasteiger partial charge on any atom is -0.357 e. The van der Waals surface area contributed by atoms with Crippen molar-refractivity contribution >= 4 is 23.4 Å². The SMILES string of the molecule is CCNC(=NCc1ccc(N2CCC(C)CC2)nc1)NCC1CC(=O)Nc2ccccc21. The van der Waals surface area contributed by atoms with Crippen LogP contribution in [0.4, 0.5) is 11.5 Å². The van der Waals surface area contributed by atoms with Crippen molar-refractivity contribution in [3.63, 3.8) is 0 Å². The number of aromatic nitrogens is 1. The van der Waals surface area contributed by atoms with Crippen LogP contribution in [0.25, 0.3) is 0 Å². The molecule has 1 aromatic heterocycles. The molecule has 7 nitrogen and oxygen atoms in total. The summed E-state index contributed by atoms with van der Waals surface area (Å²) in [6.07, 6.45) is 4.88. The Morgan fingerprint density at radius 3 is 2.75 bits per heavy atom. The molecule has 1 aromatic carbocycles. The molecular formula is C25H34N6O. The average Bonchev–Trinajstić information content (AvgIpc) is 2.81. The highest BCUT2D eigenvalue weighted by molar-refractivity contribution is 5.94. The Morgan fingerprint density at radius 2 is 2.00 bits per heavy atom. The zero-order chi connectivity index (χ0) is 22.3. The number of nitrogens with one attached hydrogen (secondary N) is 3. The molecule has 0 aliphatic carbocycles. The lowest BCUT2D eigenvalue weighted by Crippen LogP contribution is -2.40. The van der Waals surface area contributed by atoms with Crippen molar-refractivity contribution < 1.29 is 4.79 Å². The van der Waals surface area contributed by atoms with Crippen LogP contribution in [0.3, 0.4) is 0 Å². The number of pyridine rings is 1. The van der Waals surface area contributed by atoms with E-state index in [1.165, 1.54) is 18.4 Å². The summed E-state index contributed by atoms with van der Waals surface area (Å²) in [6, 6.07) is 12.2. The van der Waals surface area contributed by atoms with Gasteiger partial charge in [-0.2, -0.15) is 0 Å². The number of amides is 1. The van der Waals surface area contributed by atoms with E-state index in [1.54, 1.807) is 0 Å². The minimum atomic E-state index is 0.0618. The molecule has 1 amide bonds. The Kier molecular flexibility index (Phi) is 7.24. The summed E-state index contributed by atoms with van der Waals surface area (Å²) in [5, 5.41) is 9.68. The maximum atomic E-state index is 12.1. The van der Waals surface area contributed by atoms with E-state index in [2.05, 4.69) is 57.9 Å². The smallest absolute Gasteiger partial charge is 0.225 e. The monoisotopic (exact) mass is 434 g/mol. The van der Waals surface area contributed by atoms with Crippen LogP contribution >= 0.6 is 0 Å². The van der Waals surface area contributed by atoms with E-state index in [0.717, 1.165) is 48.6 Å². The number of piperidine rings is 1. The Hall–Kier alpha value is -3.09. The van der Waals surface area contributed by atoms with Gasteiger partial charge in [0, 0.05) is 50.4 Å². The van der Waals surface area contributed by atoms with Gasteiger partial charge < -0.3 is 20.9 Å². The summed E-state index contributed by atoms with van der Waals surface area (Å²) in [4.78, 5) is 23.9. The molecule has 2 aliphatic heterocycles. The highest BCUT2D eigenvalue weighted by atomic mass is 16.1. The van der Waals surface area contributed by atoms with Gasteiger partial charge in [-0.05, 0) is 48.9 Å². The Morgan fingerprint density at radius 1 is 1.19 bits per heavy atom. The molecule has 0 spiro atoms. The van der Waals surface area contributed by atoms with Crippen molar-refractivity contribution in [3.8, 4) is 0 Å². The number of rotatable bonds is 6. The van der Waals surface area contributed by atoms with Crippen LogP contribution in [-0.4, -0.2) is 43.0 Å². The van der Waals surface area contributed by atoms with Crippen LogP contribution in [0.2, 0.25) is 0 Å². The fraction of sp³-hybridized carbons (Fsp3) is 0.480. The summed E-state index contributed by atoms with van der Waals surface area (Å²) in [5.74, 6) is 2.81. The van der Waals surface area contributed by atoms with E-state index >= 15 is 0 Å². The lowest BCUT2D eigenvalue weighted by atomic mass is 9.90. The minimum absolute atomic E-state index is 0.0618. The first-order valence-corrected chi connectivity index (χ1v) is 11.7. The van der Waals surface area contributed by atoms with E-state index < -0.39 is 0 Å². The number of aliphatic imine (C=N–C) groups is 1. The van der Waals surface area contributed by atoms with E-state index in [9.17, 15) is 4.79 Å². The lowest BCUT2D eigenvalue weighted by molar-refractivity contribution is -0.116. The van der Waals surface area contributed by atoms with Crippen molar-refractivity contribution in [2.24, 2.45) is 10.9 Å². The Balaban J connectivity index is 1.36. The Labute approximate surface area is 190 Å². The van der Waals surface area contributed by atoms with Crippen molar-refractivity contribution in [2.45, 2.75) is 45.6 Å². The number of anilines is 2. The lowest BCUT2D eigenvalue weighted by Gasteiger charge is -2.31. The second-order valence-corrected chi connectivity index (χ2v) is 8.81. The molecule has 2 aliphatic rings. The average molecular weight is 435 g/mol. The van der Waals surface area contributed by atoms with Crippen LogP contribution in [-0.2, 0) is 11.3 Å². The number of benzene rings is 1. The summed E-state index contributed by atoms with van der Waals surface area (Å²) in [5.41, 5.74) is 3.16. The maximum absolute atomic E-state index is 12.1. The number of hydrogen-bond donors (Lipinski definition) is 3. The van der Waals surface area contributed by atoms with Gasteiger partial charge in [-0.25, -0.2) is 9.98 Å². The van der Waals surface area contributed by atoms with Gasteiger partial charge in [0.1, 0.15) is 5.82 Å². The zero-order valence-corrected chi connectivity index (χ0v) is 19.1. The summed E-state index contributed by atoms with van der Waals surface area (Å²) in [6.45, 7) is 8.53. The normalized spacial score (nSPS) is 19.3. The third-order valence-electron chi connectivity index (χ3n) is 6.30. The molecule has 1 fully saturated rings. The van der Waals surface area contributed by atoms with Gasteiger partial charge in [-0.1, -0.05) is 31.2 Å². The third kappa shape index (κ3) is 5.58. The van der Waals surface area contributed by atoms with Crippen molar-refractivity contribution in [3.05, 3.63) is 53.7 Å². The fourth-order valence-electron chi connectivity index (χ4n) is 4.35. The van der Waals surface area contributed by atoms with Crippen molar-refractivity contribution in [1.29, 1.82) is 0 Å². The van der Waals surface area contributed by atoms with Crippen LogP contribution in [0.1, 0.15) is 50.2 Å². The summed E-state index contributed by atoms with van der Waals surface area (Å²) in [7, 11) is 0. The standard InChI is InChI=1S/C25H34N6O/c1-3-26-25(29-17-20-14-24(32)30-22-7-5-4-6-21(20)22)28-16-19-8-9-23(27-15-19)31-12-10-18(2)11-13-31/h4-9,15,18,20H,3,10-14,16-17H2,1-2H3,(H,30,32)(H2,26,28,29). The number of carbonyl (C=O) groups excluding carboxylic acids is 1. The number of nitrogens with zero attached hydrogens (tertiary/aromatic N) is 3. The van der Waals surface area contributed by atoms with Gasteiger partial charge in [0.15, 0.2) is 5.96 Å². The van der Waals surface area contributed by atoms with E-state index in [4.69, 9.17) is 4.99 Å². The molecule has 170 valence electrons. The number of fused-ring (bicyclic) bond motifs is 1. The number of guanidine groups is 1. The molecule has 3 N–H and O–H groups in total. The predicted octanol–water partition coefficient (Wildman–Crippen LogP) is 3.50. The molecule has 0 bridgehead atoms. The first-order valence-electron chi connectivity index (χ1n) is 11.7. The van der Waals surface area contributed by atoms with Gasteiger partial charge in [0.25, 0.3) is 0 Å². The molecule has 1 atom stereocenters. The van der Waals surface area contributed by atoms with Gasteiger partial charge >= 0.3 is 0 Å². The van der Waals surface area contributed by atoms with Gasteiger partial charge in [0.05, 0.1) is 6.54 Å². The molecular weight excluding hydrogens is 400 g/mol. The van der Waals surface area contributed by atoms with E-state index in [-0.39, 0.29) is 11.8 Å². The molecule has 3 heterocycles. The van der Waals surface area contributed by atoms with Crippen LogP contribution in [0.5, 0.6) is 0 Å². The number of hydrogen-bond acceptors (Lipinski definition) is 4. The first-order chi connectivity index (χ1) is 15.6. The van der Waals surface area contributed by atoms with E-state index in [0.29, 0.717) is 19.5 Å². The van der Waals surface area contributed by atoms with Crippen LogP contribution < -0.4 is 20.9 Å². The highest BCUT2D eigenvalue weighted by Gasteiger charge is 2.24. The van der Waals surface area contributed by atoms with E-state index in [1.807, 2.05) is 24.4 Å². The molecule has 32 heavy (non-hydrogen) atoms. The first kappa shape index (κ1) is 22.1. The fourth-order valence-corrected chi connectivity index (χ4v) is 4.35. The summed E-state index contributed by atoms with van der Waals surface area (Å²) < 4.78 is 0. The Bertz CT molecular complexity index is 934. The third-order valence-corrected chi connectivity index (χ3v) is 6.30. The number of carbonyl (C=O) groups is 1. The maximum Gasteiger partial charge on any atom is 0.225 e. The molecule has 2 aromatic rings. The predicted molar refractivity (Wildman–Crippen MR) is 130 cm³/mol. The second-order valence-electron chi connectivity index (χ2n) is 8.81. The quantitative estimate of drug-likeness (QED) is 0.479. The molecule has 0 saturated carbocycles. The molecule has 7 heteroatoms. The zero-order valence-electron chi connectivity index (χ0n) is 19.1. The largest absolute Gasteiger partial charge is 0.357 e. The molecule has 1 unspecified atom stereocenters. The van der Waals surface area contributed by atoms with Crippen LogP contribution in [0.15, 0.2) is 47.6 Å². The molecule has 4 rings (SSSR count). The molecule has 1 saturated heterocycles. The van der Waals surface area contributed by atoms with Gasteiger partial charge in [0.2, 0.25) is 5.91 Å². The molecule has 0 radical (unpaired) electrons.